The van der Waals surface area contributed by atoms with E-state index < -0.39 is 11.6 Å². The minimum absolute atomic E-state index is 0.0225. The van der Waals surface area contributed by atoms with Crippen LogP contribution < -0.4 is 11.2 Å². The number of ether oxygens (including phenoxy) is 1. The molecule has 0 spiro atoms. The van der Waals surface area contributed by atoms with E-state index in [1.54, 1.807) is 18.2 Å². The number of aromatic nitrogens is 2. The molecule has 0 aliphatic heterocycles. The molecular weight excluding hydrogens is 396 g/mol. The Morgan fingerprint density at radius 3 is 2.74 bits per heavy atom. The van der Waals surface area contributed by atoms with E-state index in [1.165, 1.54) is 28.1 Å². The van der Waals surface area contributed by atoms with Crippen molar-refractivity contribution in [2.75, 3.05) is 0 Å². The molecule has 0 fully saturated rings. The monoisotopic (exact) mass is 416 g/mol. The molecule has 0 radical (unpaired) electrons. The van der Waals surface area contributed by atoms with Gasteiger partial charge in [-0.05, 0) is 54.7 Å². The van der Waals surface area contributed by atoms with Gasteiger partial charge in [0.2, 0.25) is 0 Å². The van der Waals surface area contributed by atoms with Crippen LogP contribution in [0.5, 0.6) is 0 Å². The highest BCUT2D eigenvalue weighted by Gasteiger charge is 2.16. The van der Waals surface area contributed by atoms with Crippen molar-refractivity contribution in [2.24, 2.45) is 0 Å². The predicted octanol–water partition coefficient (Wildman–Crippen LogP) is 3.13. The highest BCUT2D eigenvalue weighted by molar-refractivity contribution is 5.82. The zero-order chi connectivity index (χ0) is 21.4. The Morgan fingerprint density at radius 2 is 1.87 bits per heavy atom. The normalized spacial score (nSPS) is 12.9. The lowest BCUT2D eigenvalue weighted by atomic mass is 10.0. The van der Waals surface area contributed by atoms with Gasteiger partial charge < -0.3 is 9.15 Å². The van der Waals surface area contributed by atoms with Crippen molar-refractivity contribution in [3.05, 3.63) is 86.3 Å². The number of nitrogens with zero attached hydrogens (tertiary/aromatic N) is 2. The molecule has 7 heteroatoms. The van der Waals surface area contributed by atoms with E-state index in [9.17, 15) is 14.4 Å². The highest BCUT2D eigenvalue weighted by Crippen LogP contribution is 2.28. The average molecular weight is 416 g/mol. The van der Waals surface area contributed by atoms with Crippen molar-refractivity contribution < 1.29 is 13.9 Å². The molecule has 0 saturated heterocycles. The topological polar surface area (TPSA) is 91.4 Å². The smallest absolute Gasteiger partial charge is 0.336 e. The molecule has 2 heterocycles. The zero-order valence-electron chi connectivity index (χ0n) is 16.8. The summed E-state index contributed by atoms with van der Waals surface area (Å²) >= 11 is 0. The Kier molecular flexibility index (Phi) is 4.86. The molecule has 0 bridgehead atoms. The average Bonchev–Trinajstić information content (AvgIpc) is 3.23. The molecule has 0 amide bonds. The minimum atomic E-state index is -0.467. The van der Waals surface area contributed by atoms with E-state index in [0.29, 0.717) is 22.0 Å². The van der Waals surface area contributed by atoms with Crippen molar-refractivity contribution in [3.63, 3.8) is 0 Å². The summed E-state index contributed by atoms with van der Waals surface area (Å²) in [4.78, 5) is 41.0. The van der Waals surface area contributed by atoms with Gasteiger partial charge in [-0.25, -0.2) is 9.78 Å². The molecule has 7 nitrogen and oxygen atoms in total. The molecule has 156 valence electrons. The van der Waals surface area contributed by atoms with E-state index in [4.69, 9.17) is 9.15 Å². The van der Waals surface area contributed by atoms with Gasteiger partial charge in [0.15, 0.2) is 0 Å². The first kappa shape index (κ1) is 19.2. The van der Waals surface area contributed by atoms with Crippen LogP contribution >= 0.6 is 0 Å². The van der Waals surface area contributed by atoms with Crippen molar-refractivity contribution in [2.45, 2.75) is 38.8 Å². The second kappa shape index (κ2) is 7.83. The van der Waals surface area contributed by atoms with Crippen LogP contribution in [0.1, 0.15) is 29.5 Å². The Morgan fingerprint density at radius 1 is 1.06 bits per heavy atom. The SMILES string of the molecule is O=C(CCn1cnc2ccccc2c1=O)OCc1cc(=O)oc2cc3c(cc12)CCC3. The Balaban J connectivity index is 1.30. The van der Waals surface area contributed by atoms with Crippen LogP contribution in [-0.4, -0.2) is 15.5 Å². The number of hydrogen-bond acceptors (Lipinski definition) is 6. The van der Waals surface area contributed by atoms with Gasteiger partial charge in [0.05, 0.1) is 23.7 Å². The number of benzene rings is 2. The number of para-hydroxylation sites is 1. The van der Waals surface area contributed by atoms with Gasteiger partial charge in [-0.2, -0.15) is 0 Å². The summed E-state index contributed by atoms with van der Waals surface area (Å²) in [5, 5.41) is 1.30. The van der Waals surface area contributed by atoms with Crippen LogP contribution in [0.2, 0.25) is 0 Å². The fourth-order valence-electron chi connectivity index (χ4n) is 4.12. The molecule has 5 rings (SSSR count). The number of aryl methyl sites for hydroxylation is 3. The third kappa shape index (κ3) is 3.74. The molecule has 31 heavy (non-hydrogen) atoms. The Hall–Kier alpha value is -3.74. The predicted molar refractivity (Wildman–Crippen MR) is 115 cm³/mol. The number of carbonyl (C=O) groups excluding carboxylic acids is 1. The van der Waals surface area contributed by atoms with Gasteiger partial charge in [0.25, 0.3) is 5.56 Å². The molecule has 2 aromatic heterocycles. The molecule has 0 saturated carbocycles. The lowest BCUT2D eigenvalue weighted by Crippen LogP contribution is -2.22. The maximum Gasteiger partial charge on any atom is 0.336 e. The van der Waals surface area contributed by atoms with Gasteiger partial charge in [-0.1, -0.05) is 12.1 Å². The Bertz CT molecular complexity index is 1430. The van der Waals surface area contributed by atoms with Gasteiger partial charge in [-0.3, -0.25) is 14.2 Å². The van der Waals surface area contributed by atoms with Crippen molar-refractivity contribution in [1.29, 1.82) is 0 Å². The van der Waals surface area contributed by atoms with Crippen molar-refractivity contribution in [3.8, 4) is 0 Å². The van der Waals surface area contributed by atoms with Crippen LogP contribution in [0.15, 0.2) is 62.8 Å². The second-order valence-electron chi connectivity index (χ2n) is 7.73. The van der Waals surface area contributed by atoms with E-state index in [0.717, 1.165) is 24.6 Å². The van der Waals surface area contributed by atoms with E-state index in [2.05, 4.69) is 4.98 Å². The zero-order valence-corrected chi connectivity index (χ0v) is 16.8. The third-order valence-electron chi connectivity index (χ3n) is 5.72. The van der Waals surface area contributed by atoms with Crippen LogP contribution in [0.3, 0.4) is 0 Å². The summed E-state index contributed by atoms with van der Waals surface area (Å²) in [5.41, 5.74) is 3.56. The van der Waals surface area contributed by atoms with Crippen LogP contribution in [0.4, 0.5) is 0 Å². The Labute approximate surface area is 176 Å². The quantitative estimate of drug-likeness (QED) is 0.367. The first-order valence-corrected chi connectivity index (χ1v) is 10.3. The standard InChI is InChI=1S/C24H20N2O5/c27-22(8-9-26-14-25-20-7-2-1-6-18(20)24(26)29)30-13-17-12-23(28)31-21-11-16-5-3-4-15(16)10-19(17)21/h1-2,6-7,10-12,14H,3-5,8-9,13H2. The molecule has 1 aliphatic rings. The molecule has 2 aromatic carbocycles. The van der Waals surface area contributed by atoms with Crippen LogP contribution in [0, 0.1) is 0 Å². The first-order valence-electron chi connectivity index (χ1n) is 10.3. The summed E-state index contributed by atoms with van der Waals surface area (Å²) in [6, 6.07) is 12.4. The summed E-state index contributed by atoms with van der Waals surface area (Å²) in [7, 11) is 0. The fourth-order valence-corrected chi connectivity index (χ4v) is 4.12. The molecular formula is C24H20N2O5. The minimum Gasteiger partial charge on any atom is -0.461 e. The molecule has 1 aliphatic carbocycles. The van der Waals surface area contributed by atoms with Gasteiger partial charge in [0, 0.05) is 23.6 Å². The maximum absolute atomic E-state index is 12.5. The molecule has 0 atom stereocenters. The summed E-state index contributed by atoms with van der Waals surface area (Å²) in [5.74, 6) is -0.456. The van der Waals surface area contributed by atoms with E-state index >= 15 is 0 Å². The van der Waals surface area contributed by atoms with Gasteiger partial charge in [0.1, 0.15) is 12.2 Å². The van der Waals surface area contributed by atoms with E-state index in [-0.39, 0.29) is 25.1 Å². The van der Waals surface area contributed by atoms with Crippen molar-refractivity contribution in [1.82, 2.24) is 9.55 Å². The summed E-state index contributed by atoms with van der Waals surface area (Å²) in [6.07, 6.45) is 4.53. The van der Waals surface area contributed by atoms with Crippen LogP contribution in [-0.2, 0) is 35.5 Å². The fraction of sp³-hybridized carbons (Fsp3) is 0.250. The first-order chi connectivity index (χ1) is 15.1. The largest absolute Gasteiger partial charge is 0.461 e. The maximum atomic E-state index is 12.5. The third-order valence-corrected chi connectivity index (χ3v) is 5.72. The number of hydrogen-bond donors (Lipinski definition) is 0. The second-order valence-corrected chi connectivity index (χ2v) is 7.73. The summed E-state index contributed by atoms with van der Waals surface area (Å²) < 4.78 is 12.2. The number of carbonyl (C=O) groups is 1. The van der Waals surface area contributed by atoms with Crippen molar-refractivity contribution >= 4 is 27.8 Å². The van der Waals surface area contributed by atoms with Gasteiger partial charge >= 0.3 is 11.6 Å². The van der Waals surface area contributed by atoms with E-state index in [1.807, 2.05) is 18.2 Å². The number of fused-ring (bicyclic) bond motifs is 3. The molecule has 0 unspecified atom stereocenters. The number of rotatable bonds is 5. The molecule has 0 N–H and O–H groups in total. The number of esters is 1. The highest BCUT2D eigenvalue weighted by atomic mass is 16.5. The van der Waals surface area contributed by atoms with Gasteiger partial charge in [-0.15, -0.1) is 0 Å². The molecule has 4 aromatic rings. The lowest BCUT2D eigenvalue weighted by molar-refractivity contribution is -0.145. The lowest BCUT2D eigenvalue weighted by Gasteiger charge is -2.10. The van der Waals surface area contributed by atoms with Crippen LogP contribution in [0.25, 0.3) is 21.9 Å². The summed E-state index contributed by atoms with van der Waals surface area (Å²) in [6.45, 7) is 0.144.